The van der Waals surface area contributed by atoms with E-state index in [1.54, 1.807) is 24.3 Å². The molecular formula is C19H19F3N4O2. The van der Waals surface area contributed by atoms with Gasteiger partial charge in [-0.25, -0.2) is 18.0 Å². The van der Waals surface area contributed by atoms with Crippen molar-refractivity contribution < 1.29 is 22.8 Å². The van der Waals surface area contributed by atoms with E-state index in [-0.39, 0.29) is 12.1 Å². The summed E-state index contributed by atoms with van der Waals surface area (Å²) in [6.07, 6.45) is 1.98. The Bertz CT molecular complexity index is 885. The highest BCUT2D eigenvalue weighted by molar-refractivity contribution is 5.96. The van der Waals surface area contributed by atoms with E-state index in [0.29, 0.717) is 11.4 Å². The summed E-state index contributed by atoms with van der Waals surface area (Å²) in [6.45, 7) is 1.53. The Morgan fingerprint density at radius 3 is 2.21 bits per heavy atom. The molecule has 1 fully saturated rings. The molecule has 1 saturated carbocycles. The summed E-state index contributed by atoms with van der Waals surface area (Å²) >= 11 is 0. The Labute approximate surface area is 159 Å². The van der Waals surface area contributed by atoms with Crippen molar-refractivity contribution in [2.45, 2.75) is 31.8 Å². The Kier molecular flexibility index (Phi) is 5.72. The summed E-state index contributed by atoms with van der Waals surface area (Å²) in [5.74, 6) is -5.07. The van der Waals surface area contributed by atoms with E-state index in [1.807, 2.05) is 0 Å². The number of urea groups is 1. The number of hydrogen-bond donors (Lipinski definition) is 4. The highest BCUT2D eigenvalue weighted by atomic mass is 19.2. The molecule has 28 heavy (non-hydrogen) atoms. The van der Waals surface area contributed by atoms with Crippen molar-refractivity contribution >= 4 is 29.0 Å². The van der Waals surface area contributed by atoms with Gasteiger partial charge in [0.05, 0.1) is 5.69 Å². The number of carbonyl (C=O) groups is 2. The summed E-state index contributed by atoms with van der Waals surface area (Å²) in [4.78, 5) is 23.9. The molecule has 0 bridgehead atoms. The van der Waals surface area contributed by atoms with Crippen LogP contribution in [0.15, 0.2) is 36.4 Å². The van der Waals surface area contributed by atoms with Gasteiger partial charge in [-0.1, -0.05) is 0 Å². The molecule has 1 aliphatic carbocycles. The maximum atomic E-state index is 13.7. The summed E-state index contributed by atoms with van der Waals surface area (Å²) < 4.78 is 39.8. The molecule has 148 valence electrons. The number of amides is 3. The zero-order valence-corrected chi connectivity index (χ0v) is 15.0. The van der Waals surface area contributed by atoms with Crippen LogP contribution in [-0.2, 0) is 4.79 Å². The molecular weight excluding hydrogens is 373 g/mol. The predicted molar refractivity (Wildman–Crippen MR) is 99.6 cm³/mol. The van der Waals surface area contributed by atoms with Crippen molar-refractivity contribution in [3.05, 3.63) is 53.8 Å². The van der Waals surface area contributed by atoms with E-state index in [0.717, 1.165) is 25.0 Å². The number of benzene rings is 2. The molecule has 0 radical (unpaired) electrons. The molecule has 0 aliphatic heterocycles. The van der Waals surface area contributed by atoms with Crippen molar-refractivity contribution in [1.29, 1.82) is 0 Å². The van der Waals surface area contributed by atoms with Crippen LogP contribution < -0.4 is 21.3 Å². The lowest BCUT2D eigenvalue weighted by atomic mass is 10.2. The minimum absolute atomic E-state index is 0.250. The molecule has 1 aliphatic rings. The van der Waals surface area contributed by atoms with Gasteiger partial charge in [0.1, 0.15) is 6.04 Å². The minimum Gasteiger partial charge on any atom is -0.374 e. The Balaban J connectivity index is 1.54. The summed E-state index contributed by atoms with van der Waals surface area (Å²) in [7, 11) is 0. The number of carbonyl (C=O) groups excluding carboxylic acids is 2. The van der Waals surface area contributed by atoms with Crippen LogP contribution in [0, 0.1) is 17.5 Å². The van der Waals surface area contributed by atoms with E-state index in [2.05, 4.69) is 21.3 Å². The van der Waals surface area contributed by atoms with Gasteiger partial charge in [0, 0.05) is 17.4 Å². The lowest BCUT2D eigenvalue weighted by Crippen LogP contribution is -2.32. The molecule has 0 saturated heterocycles. The fourth-order valence-electron chi connectivity index (χ4n) is 2.41. The van der Waals surface area contributed by atoms with Gasteiger partial charge in [-0.3, -0.25) is 4.79 Å². The third-order valence-electron chi connectivity index (χ3n) is 4.12. The van der Waals surface area contributed by atoms with Crippen LogP contribution in [0.1, 0.15) is 19.8 Å². The summed E-state index contributed by atoms with van der Waals surface area (Å²) in [6, 6.07) is 7.52. The topological polar surface area (TPSA) is 82.3 Å². The van der Waals surface area contributed by atoms with Crippen molar-refractivity contribution in [3.63, 3.8) is 0 Å². The van der Waals surface area contributed by atoms with Crippen LogP contribution in [0.4, 0.5) is 35.0 Å². The Morgan fingerprint density at radius 2 is 1.57 bits per heavy atom. The lowest BCUT2D eigenvalue weighted by Gasteiger charge is -2.16. The van der Waals surface area contributed by atoms with Gasteiger partial charge < -0.3 is 21.3 Å². The van der Waals surface area contributed by atoms with Crippen LogP contribution in [-0.4, -0.2) is 24.0 Å². The molecule has 4 N–H and O–H groups in total. The van der Waals surface area contributed by atoms with Crippen molar-refractivity contribution in [2.75, 3.05) is 16.0 Å². The van der Waals surface area contributed by atoms with Crippen molar-refractivity contribution in [3.8, 4) is 0 Å². The third-order valence-corrected chi connectivity index (χ3v) is 4.12. The van der Waals surface area contributed by atoms with Gasteiger partial charge in [-0.15, -0.1) is 0 Å². The second-order valence-corrected chi connectivity index (χ2v) is 6.53. The molecule has 0 heterocycles. The monoisotopic (exact) mass is 392 g/mol. The van der Waals surface area contributed by atoms with E-state index in [9.17, 15) is 22.8 Å². The fourth-order valence-corrected chi connectivity index (χ4v) is 2.41. The second-order valence-electron chi connectivity index (χ2n) is 6.53. The first kappa shape index (κ1) is 19.5. The van der Waals surface area contributed by atoms with Gasteiger partial charge in [0.25, 0.3) is 0 Å². The molecule has 2 aromatic carbocycles. The van der Waals surface area contributed by atoms with Crippen LogP contribution in [0.3, 0.4) is 0 Å². The zero-order valence-electron chi connectivity index (χ0n) is 15.0. The summed E-state index contributed by atoms with van der Waals surface area (Å²) in [5, 5.41) is 10.6. The highest BCUT2D eigenvalue weighted by Crippen LogP contribution is 2.21. The first-order valence-electron chi connectivity index (χ1n) is 8.72. The Morgan fingerprint density at radius 1 is 0.929 bits per heavy atom. The van der Waals surface area contributed by atoms with Gasteiger partial charge in [-0.2, -0.15) is 0 Å². The minimum atomic E-state index is -1.65. The first-order chi connectivity index (χ1) is 13.3. The van der Waals surface area contributed by atoms with Crippen LogP contribution in [0.5, 0.6) is 0 Å². The third kappa shape index (κ3) is 4.93. The van der Waals surface area contributed by atoms with Crippen LogP contribution in [0.2, 0.25) is 0 Å². The van der Waals surface area contributed by atoms with E-state index in [1.165, 1.54) is 6.92 Å². The molecule has 3 rings (SSSR count). The summed E-state index contributed by atoms with van der Waals surface area (Å²) in [5.41, 5.74) is 0.727. The Hall–Kier alpha value is -3.23. The lowest BCUT2D eigenvalue weighted by molar-refractivity contribution is -0.116. The number of halogens is 3. The second kappa shape index (κ2) is 8.20. The molecule has 9 heteroatoms. The van der Waals surface area contributed by atoms with E-state index < -0.39 is 35.1 Å². The standard InChI is InChI=1S/C19H19F3N4O2/c1-10(18(27)26-15-9-8-14(20)16(21)17(15)22)23-11-2-4-12(5-3-11)24-19(28)25-13-6-7-13/h2-5,8-10,13,23H,6-7H2,1H3,(H,26,27)(H2,24,25,28). The van der Waals surface area contributed by atoms with Gasteiger partial charge in [-0.05, 0) is 56.2 Å². The molecule has 0 spiro atoms. The molecule has 2 aromatic rings. The molecule has 3 amide bonds. The smallest absolute Gasteiger partial charge is 0.319 e. The van der Waals surface area contributed by atoms with Crippen LogP contribution in [0.25, 0.3) is 0 Å². The normalized spacial score (nSPS) is 14.1. The average Bonchev–Trinajstić information content (AvgIpc) is 3.47. The number of hydrogen-bond acceptors (Lipinski definition) is 3. The van der Waals surface area contributed by atoms with Crippen molar-refractivity contribution in [1.82, 2.24) is 5.32 Å². The fraction of sp³-hybridized carbons (Fsp3) is 0.263. The molecule has 1 atom stereocenters. The largest absolute Gasteiger partial charge is 0.374 e. The molecule has 1 unspecified atom stereocenters. The van der Waals surface area contributed by atoms with E-state index >= 15 is 0 Å². The van der Waals surface area contributed by atoms with Gasteiger partial charge >= 0.3 is 6.03 Å². The van der Waals surface area contributed by atoms with Gasteiger partial charge in [0.15, 0.2) is 17.5 Å². The maximum absolute atomic E-state index is 13.7. The quantitative estimate of drug-likeness (QED) is 0.564. The number of rotatable bonds is 6. The average molecular weight is 392 g/mol. The van der Waals surface area contributed by atoms with Crippen LogP contribution >= 0.6 is 0 Å². The first-order valence-corrected chi connectivity index (χ1v) is 8.72. The SMILES string of the molecule is CC(Nc1ccc(NC(=O)NC2CC2)cc1)C(=O)Nc1ccc(F)c(F)c1F. The van der Waals surface area contributed by atoms with Crippen molar-refractivity contribution in [2.24, 2.45) is 0 Å². The highest BCUT2D eigenvalue weighted by Gasteiger charge is 2.23. The maximum Gasteiger partial charge on any atom is 0.319 e. The van der Waals surface area contributed by atoms with Gasteiger partial charge in [0.2, 0.25) is 5.91 Å². The predicted octanol–water partition coefficient (Wildman–Crippen LogP) is 3.83. The number of anilines is 3. The zero-order chi connectivity index (χ0) is 20.3. The van der Waals surface area contributed by atoms with E-state index in [4.69, 9.17) is 0 Å². The molecule has 0 aromatic heterocycles. The number of nitrogens with one attached hydrogen (secondary N) is 4. The molecule has 6 nitrogen and oxygen atoms in total.